The van der Waals surface area contributed by atoms with Crippen molar-refractivity contribution >= 4 is 34.5 Å². The minimum Gasteiger partial charge on any atom is -0.384 e. The molecule has 0 saturated heterocycles. The second-order valence-corrected chi connectivity index (χ2v) is 5.39. The van der Waals surface area contributed by atoms with E-state index in [1.54, 1.807) is 29.6 Å². The van der Waals surface area contributed by atoms with Gasteiger partial charge in [-0.3, -0.25) is 4.79 Å². The van der Waals surface area contributed by atoms with E-state index in [2.05, 4.69) is 17.2 Å². The van der Waals surface area contributed by atoms with Gasteiger partial charge >= 0.3 is 0 Å². The van der Waals surface area contributed by atoms with Crippen LogP contribution >= 0.6 is 22.9 Å². The zero-order valence-corrected chi connectivity index (χ0v) is 12.3. The summed E-state index contributed by atoms with van der Waals surface area (Å²) in [7, 11) is 0. The first-order valence-corrected chi connectivity index (χ1v) is 7.12. The lowest BCUT2D eigenvalue weighted by Crippen LogP contribution is -2.12. The lowest BCUT2D eigenvalue weighted by molar-refractivity contribution is 0.103. The third-order valence-electron chi connectivity index (χ3n) is 2.61. The van der Waals surface area contributed by atoms with Crippen molar-refractivity contribution in [3.05, 3.63) is 50.7 Å². The molecule has 0 unspecified atom stereocenters. The SMILES string of the molecule is Cc1cc(Cl)ccc1NC(=O)c1sccc1C#CCO. The molecule has 0 spiro atoms. The Kier molecular flexibility index (Phi) is 4.80. The van der Waals surface area contributed by atoms with Gasteiger partial charge in [-0.2, -0.15) is 0 Å². The molecule has 3 nitrogen and oxygen atoms in total. The van der Waals surface area contributed by atoms with E-state index in [9.17, 15) is 4.79 Å². The Labute approximate surface area is 126 Å². The Morgan fingerprint density at radius 2 is 2.25 bits per heavy atom. The van der Waals surface area contributed by atoms with E-state index in [1.807, 2.05) is 6.92 Å². The molecule has 2 rings (SSSR count). The van der Waals surface area contributed by atoms with Crippen molar-refractivity contribution in [2.24, 2.45) is 0 Å². The van der Waals surface area contributed by atoms with Crippen LogP contribution in [0.1, 0.15) is 20.8 Å². The first-order valence-electron chi connectivity index (χ1n) is 5.86. The van der Waals surface area contributed by atoms with Crippen molar-refractivity contribution in [3.8, 4) is 11.8 Å². The van der Waals surface area contributed by atoms with Crippen LogP contribution in [0.3, 0.4) is 0 Å². The van der Waals surface area contributed by atoms with Gasteiger partial charge in [-0.1, -0.05) is 23.4 Å². The number of hydrogen-bond donors (Lipinski definition) is 2. The second-order valence-electron chi connectivity index (χ2n) is 4.04. The molecule has 2 aromatic rings. The Hall–Kier alpha value is -1.80. The maximum Gasteiger partial charge on any atom is 0.267 e. The molecule has 2 N–H and O–H groups in total. The number of aryl methyl sites for hydroxylation is 1. The van der Waals surface area contributed by atoms with Crippen LogP contribution in [-0.2, 0) is 0 Å². The second kappa shape index (κ2) is 6.58. The van der Waals surface area contributed by atoms with Gasteiger partial charge < -0.3 is 10.4 Å². The van der Waals surface area contributed by atoms with Crippen LogP contribution in [0.2, 0.25) is 5.02 Å². The van der Waals surface area contributed by atoms with Crippen molar-refractivity contribution in [2.75, 3.05) is 11.9 Å². The molecule has 5 heteroatoms. The molecule has 0 aliphatic rings. The van der Waals surface area contributed by atoms with Gasteiger partial charge in [0.15, 0.2) is 0 Å². The Bertz CT molecular complexity index is 697. The number of anilines is 1. The maximum atomic E-state index is 12.2. The van der Waals surface area contributed by atoms with Crippen LogP contribution < -0.4 is 5.32 Å². The number of hydrogen-bond acceptors (Lipinski definition) is 3. The molecular formula is C15H12ClNO2S. The Morgan fingerprint density at radius 3 is 2.95 bits per heavy atom. The van der Waals surface area contributed by atoms with Crippen molar-refractivity contribution in [1.29, 1.82) is 0 Å². The van der Waals surface area contributed by atoms with Gasteiger partial charge in [0.1, 0.15) is 11.5 Å². The van der Waals surface area contributed by atoms with Gasteiger partial charge in [-0.25, -0.2) is 0 Å². The van der Waals surface area contributed by atoms with Crippen LogP contribution in [0, 0.1) is 18.8 Å². The molecule has 0 radical (unpaired) electrons. The van der Waals surface area contributed by atoms with Gasteiger partial charge in [0, 0.05) is 16.3 Å². The fraction of sp³-hybridized carbons (Fsp3) is 0.133. The average molecular weight is 306 g/mol. The molecule has 0 aliphatic heterocycles. The molecule has 20 heavy (non-hydrogen) atoms. The fourth-order valence-electron chi connectivity index (χ4n) is 1.66. The van der Waals surface area contributed by atoms with Crippen molar-refractivity contribution in [3.63, 3.8) is 0 Å². The van der Waals surface area contributed by atoms with E-state index in [1.165, 1.54) is 11.3 Å². The van der Waals surface area contributed by atoms with Gasteiger partial charge in [0.2, 0.25) is 0 Å². The number of aliphatic hydroxyl groups excluding tert-OH is 1. The lowest BCUT2D eigenvalue weighted by Gasteiger charge is -2.08. The van der Waals surface area contributed by atoms with E-state index in [-0.39, 0.29) is 12.5 Å². The summed E-state index contributed by atoms with van der Waals surface area (Å²) in [6.45, 7) is 1.65. The highest BCUT2D eigenvalue weighted by atomic mass is 35.5. The third-order valence-corrected chi connectivity index (χ3v) is 3.76. The Morgan fingerprint density at radius 1 is 1.45 bits per heavy atom. The standard InChI is InChI=1S/C15H12ClNO2S/c1-10-9-12(16)4-5-13(10)17-15(19)14-11(3-2-7-18)6-8-20-14/h4-6,8-9,18H,7H2,1H3,(H,17,19). The minimum absolute atomic E-state index is 0.215. The molecule has 0 aliphatic carbocycles. The molecule has 1 aromatic heterocycles. The largest absolute Gasteiger partial charge is 0.384 e. The highest BCUT2D eigenvalue weighted by Crippen LogP contribution is 2.22. The number of carbonyl (C=O) groups excluding carboxylic acids is 1. The first kappa shape index (κ1) is 14.6. The van der Waals surface area contributed by atoms with Crippen LogP contribution in [-0.4, -0.2) is 17.6 Å². The van der Waals surface area contributed by atoms with E-state index in [0.29, 0.717) is 21.2 Å². The number of aliphatic hydroxyl groups is 1. The summed E-state index contributed by atoms with van der Waals surface area (Å²) in [4.78, 5) is 12.8. The Balaban J connectivity index is 2.22. The number of benzene rings is 1. The summed E-state index contributed by atoms with van der Waals surface area (Å²) in [5, 5.41) is 14.0. The summed E-state index contributed by atoms with van der Waals surface area (Å²) >= 11 is 7.20. The molecule has 0 bridgehead atoms. The molecular weight excluding hydrogens is 294 g/mol. The highest BCUT2D eigenvalue weighted by molar-refractivity contribution is 7.12. The van der Waals surface area contributed by atoms with Gasteiger partial charge in [0.25, 0.3) is 5.91 Å². The van der Waals surface area contributed by atoms with Crippen LogP contribution in [0.25, 0.3) is 0 Å². The summed E-state index contributed by atoms with van der Waals surface area (Å²) < 4.78 is 0. The third kappa shape index (κ3) is 3.40. The van der Waals surface area contributed by atoms with Crippen molar-refractivity contribution in [1.82, 2.24) is 0 Å². The molecule has 1 aromatic carbocycles. The fourth-order valence-corrected chi connectivity index (χ4v) is 2.64. The quantitative estimate of drug-likeness (QED) is 0.836. The van der Waals surface area contributed by atoms with E-state index in [4.69, 9.17) is 16.7 Å². The number of carbonyl (C=O) groups is 1. The molecule has 102 valence electrons. The molecule has 0 atom stereocenters. The first-order chi connectivity index (χ1) is 9.61. The van der Waals surface area contributed by atoms with Gasteiger partial charge in [0.05, 0.1) is 0 Å². The average Bonchev–Trinajstić information content (AvgIpc) is 2.88. The zero-order chi connectivity index (χ0) is 14.5. The van der Waals surface area contributed by atoms with Crippen molar-refractivity contribution in [2.45, 2.75) is 6.92 Å². The molecule has 1 heterocycles. The van der Waals surface area contributed by atoms with E-state index in [0.717, 1.165) is 5.56 Å². The number of amides is 1. The predicted octanol–water partition coefficient (Wildman–Crippen LogP) is 3.31. The highest BCUT2D eigenvalue weighted by Gasteiger charge is 2.13. The summed E-state index contributed by atoms with van der Waals surface area (Å²) in [6.07, 6.45) is 0. The molecule has 1 amide bonds. The number of nitrogens with one attached hydrogen (secondary N) is 1. The van der Waals surface area contributed by atoms with Crippen LogP contribution in [0.4, 0.5) is 5.69 Å². The van der Waals surface area contributed by atoms with Crippen molar-refractivity contribution < 1.29 is 9.90 Å². The topological polar surface area (TPSA) is 49.3 Å². The predicted molar refractivity (Wildman–Crippen MR) is 82.4 cm³/mol. The van der Waals surface area contributed by atoms with Crippen LogP contribution in [0.5, 0.6) is 0 Å². The van der Waals surface area contributed by atoms with E-state index < -0.39 is 0 Å². The summed E-state index contributed by atoms with van der Waals surface area (Å²) in [5.41, 5.74) is 2.23. The van der Waals surface area contributed by atoms with E-state index >= 15 is 0 Å². The normalized spacial score (nSPS) is 9.75. The molecule has 0 saturated carbocycles. The van der Waals surface area contributed by atoms with Gasteiger partial charge in [-0.05, 0) is 42.1 Å². The maximum absolute atomic E-state index is 12.2. The monoisotopic (exact) mass is 305 g/mol. The lowest BCUT2D eigenvalue weighted by atomic mass is 10.2. The summed E-state index contributed by atoms with van der Waals surface area (Å²) in [5.74, 6) is 5.09. The number of thiophene rings is 1. The zero-order valence-electron chi connectivity index (χ0n) is 10.7. The summed E-state index contributed by atoms with van der Waals surface area (Å²) in [6, 6.07) is 7.04. The molecule has 0 fully saturated rings. The number of halogens is 1. The van der Waals surface area contributed by atoms with Gasteiger partial charge in [-0.15, -0.1) is 11.3 Å². The smallest absolute Gasteiger partial charge is 0.267 e. The number of rotatable bonds is 2. The minimum atomic E-state index is -0.229. The van der Waals surface area contributed by atoms with Crippen LogP contribution in [0.15, 0.2) is 29.6 Å².